The van der Waals surface area contributed by atoms with Crippen molar-refractivity contribution >= 4 is 5.91 Å². The standard InChI is InChI=1S/C16H22N2O/c19-15(14-12-16(14)7-10-17-11-8-16)18-9-6-13-4-2-1-3-5-13/h1-5,14,17H,6-12H2,(H,18,19)/t14-/m0/s1. The molecular weight excluding hydrogens is 236 g/mol. The third-order valence-electron chi connectivity index (χ3n) is 4.66. The second kappa shape index (κ2) is 5.33. The number of hydrogen-bond acceptors (Lipinski definition) is 2. The van der Waals surface area contributed by atoms with Crippen molar-refractivity contribution in [2.24, 2.45) is 11.3 Å². The zero-order valence-electron chi connectivity index (χ0n) is 11.3. The van der Waals surface area contributed by atoms with Crippen LogP contribution in [-0.4, -0.2) is 25.5 Å². The average molecular weight is 258 g/mol. The van der Waals surface area contributed by atoms with Crippen LogP contribution in [0, 0.1) is 11.3 Å². The molecule has 1 aromatic carbocycles. The number of carbonyl (C=O) groups is 1. The van der Waals surface area contributed by atoms with Gasteiger partial charge in [-0.3, -0.25) is 4.79 Å². The molecule has 1 aromatic rings. The van der Waals surface area contributed by atoms with Crippen LogP contribution in [0.3, 0.4) is 0 Å². The van der Waals surface area contributed by atoms with Crippen molar-refractivity contribution in [2.75, 3.05) is 19.6 Å². The number of rotatable bonds is 4. The van der Waals surface area contributed by atoms with Gasteiger partial charge in [0, 0.05) is 12.5 Å². The molecule has 102 valence electrons. The van der Waals surface area contributed by atoms with Crippen LogP contribution in [0.2, 0.25) is 0 Å². The number of benzene rings is 1. The Morgan fingerprint density at radius 3 is 2.74 bits per heavy atom. The second-order valence-electron chi connectivity index (χ2n) is 5.90. The Morgan fingerprint density at radius 2 is 2.00 bits per heavy atom. The largest absolute Gasteiger partial charge is 0.356 e. The summed E-state index contributed by atoms with van der Waals surface area (Å²) < 4.78 is 0. The van der Waals surface area contributed by atoms with E-state index in [1.165, 1.54) is 18.4 Å². The summed E-state index contributed by atoms with van der Waals surface area (Å²) in [6, 6.07) is 10.3. The van der Waals surface area contributed by atoms with Gasteiger partial charge in [-0.25, -0.2) is 0 Å². The van der Waals surface area contributed by atoms with E-state index >= 15 is 0 Å². The third kappa shape index (κ3) is 2.81. The van der Waals surface area contributed by atoms with Gasteiger partial charge in [0.2, 0.25) is 5.91 Å². The molecule has 1 saturated carbocycles. The summed E-state index contributed by atoms with van der Waals surface area (Å²) in [4.78, 5) is 12.1. The minimum Gasteiger partial charge on any atom is -0.356 e. The number of carbonyl (C=O) groups excluding carboxylic acids is 1. The lowest BCUT2D eigenvalue weighted by Crippen LogP contribution is -2.34. The Balaban J connectivity index is 1.43. The molecule has 1 saturated heterocycles. The molecule has 0 unspecified atom stereocenters. The monoisotopic (exact) mass is 258 g/mol. The lowest BCUT2D eigenvalue weighted by Gasteiger charge is -2.23. The van der Waals surface area contributed by atoms with E-state index in [9.17, 15) is 4.79 Å². The highest BCUT2D eigenvalue weighted by Gasteiger charge is 2.57. The molecule has 2 N–H and O–H groups in total. The van der Waals surface area contributed by atoms with Crippen LogP contribution < -0.4 is 10.6 Å². The van der Waals surface area contributed by atoms with Gasteiger partial charge in [0.1, 0.15) is 0 Å². The van der Waals surface area contributed by atoms with Crippen LogP contribution in [0.1, 0.15) is 24.8 Å². The molecule has 1 heterocycles. The third-order valence-corrected chi connectivity index (χ3v) is 4.66. The van der Waals surface area contributed by atoms with Crippen LogP contribution in [0.25, 0.3) is 0 Å². The molecular formula is C16H22N2O. The number of piperidine rings is 1. The predicted octanol–water partition coefficient (Wildman–Crippen LogP) is 1.73. The van der Waals surface area contributed by atoms with Crippen molar-refractivity contribution in [1.82, 2.24) is 10.6 Å². The van der Waals surface area contributed by atoms with Crippen molar-refractivity contribution in [3.05, 3.63) is 35.9 Å². The summed E-state index contributed by atoms with van der Waals surface area (Å²) in [6.07, 6.45) is 4.37. The molecule has 19 heavy (non-hydrogen) atoms. The van der Waals surface area contributed by atoms with E-state index in [-0.39, 0.29) is 11.8 Å². The van der Waals surface area contributed by atoms with Crippen molar-refractivity contribution < 1.29 is 4.79 Å². The summed E-state index contributed by atoms with van der Waals surface area (Å²) in [6.45, 7) is 2.91. The molecule has 1 amide bonds. The molecule has 0 radical (unpaired) electrons. The van der Waals surface area contributed by atoms with E-state index in [0.717, 1.165) is 32.5 Å². The summed E-state index contributed by atoms with van der Waals surface area (Å²) >= 11 is 0. The molecule has 0 aromatic heterocycles. The van der Waals surface area contributed by atoms with Gasteiger partial charge in [-0.1, -0.05) is 30.3 Å². The van der Waals surface area contributed by atoms with Crippen LogP contribution in [0.5, 0.6) is 0 Å². The lowest BCUT2D eigenvalue weighted by atomic mass is 9.92. The van der Waals surface area contributed by atoms with E-state index in [4.69, 9.17) is 0 Å². The predicted molar refractivity (Wildman–Crippen MR) is 75.8 cm³/mol. The minimum absolute atomic E-state index is 0.276. The average Bonchev–Trinajstić information content (AvgIpc) is 3.14. The van der Waals surface area contributed by atoms with E-state index in [1.54, 1.807) is 0 Å². The van der Waals surface area contributed by atoms with E-state index in [0.29, 0.717) is 5.41 Å². The first-order valence-corrected chi connectivity index (χ1v) is 7.33. The van der Waals surface area contributed by atoms with E-state index < -0.39 is 0 Å². The van der Waals surface area contributed by atoms with Crippen molar-refractivity contribution in [3.8, 4) is 0 Å². The van der Waals surface area contributed by atoms with Gasteiger partial charge in [-0.2, -0.15) is 0 Å². The fourth-order valence-electron chi connectivity index (χ4n) is 3.29. The van der Waals surface area contributed by atoms with Gasteiger partial charge in [0.15, 0.2) is 0 Å². The Hall–Kier alpha value is -1.35. The zero-order valence-corrected chi connectivity index (χ0v) is 11.3. The first kappa shape index (κ1) is 12.7. The topological polar surface area (TPSA) is 41.1 Å². The highest BCUT2D eigenvalue weighted by Crippen LogP contribution is 2.58. The van der Waals surface area contributed by atoms with Crippen LogP contribution in [0.15, 0.2) is 30.3 Å². The number of amides is 1. The SMILES string of the molecule is O=C(NCCc1ccccc1)[C@@H]1CC12CCNCC2. The molecule has 1 aliphatic heterocycles. The van der Waals surface area contributed by atoms with Gasteiger partial charge in [0.05, 0.1) is 0 Å². The Labute approximate surface area is 114 Å². The molecule has 2 fully saturated rings. The molecule has 3 heteroatoms. The van der Waals surface area contributed by atoms with Crippen LogP contribution in [0.4, 0.5) is 0 Å². The molecule has 2 aliphatic rings. The maximum absolute atomic E-state index is 12.1. The number of nitrogens with one attached hydrogen (secondary N) is 2. The normalized spacial score (nSPS) is 24.1. The molecule has 3 nitrogen and oxygen atoms in total. The van der Waals surface area contributed by atoms with Gasteiger partial charge >= 0.3 is 0 Å². The van der Waals surface area contributed by atoms with E-state index in [2.05, 4.69) is 22.8 Å². The smallest absolute Gasteiger partial charge is 0.223 e. The molecule has 0 bridgehead atoms. The molecule has 1 atom stereocenters. The van der Waals surface area contributed by atoms with Gasteiger partial charge in [-0.15, -0.1) is 0 Å². The quantitative estimate of drug-likeness (QED) is 0.863. The summed E-state index contributed by atoms with van der Waals surface area (Å²) in [5, 5.41) is 6.48. The Bertz CT molecular complexity index is 437. The van der Waals surface area contributed by atoms with Gasteiger partial charge in [-0.05, 0) is 49.8 Å². The van der Waals surface area contributed by atoms with Gasteiger partial charge in [0.25, 0.3) is 0 Å². The van der Waals surface area contributed by atoms with Gasteiger partial charge < -0.3 is 10.6 Å². The molecule has 3 rings (SSSR count). The summed E-state index contributed by atoms with van der Waals surface area (Å²) in [5.41, 5.74) is 1.64. The van der Waals surface area contributed by atoms with E-state index in [1.807, 2.05) is 18.2 Å². The van der Waals surface area contributed by atoms with Crippen LogP contribution >= 0.6 is 0 Å². The molecule has 1 spiro atoms. The Kier molecular flexibility index (Phi) is 3.56. The zero-order chi connectivity index (χ0) is 13.1. The minimum atomic E-state index is 0.276. The molecule has 1 aliphatic carbocycles. The van der Waals surface area contributed by atoms with Crippen molar-refractivity contribution in [2.45, 2.75) is 25.7 Å². The fourth-order valence-corrected chi connectivity index (χ4v) is 3.29. The first-order valence-electron chi connectivity index (χ1n) is 7.33. The summed E-state index contributed by atoms with van der Waals surface area (Å²) in [5.74, 6) is 0.559. The van der Waals surface area contributed by atoms with Crippen LogP contribution in [-0.2, 0) is 11.2 Å². The fraction of sp³-hybridized carbons (Fsp3) is 0.562. The maximum atomic E-state index is 12.1. The first-order chi connectivity index (χ1) is 9.30. The van der Waals surface area contributed by atoms with Crippen molar-refractivity contribution in [3.63, 3.8) is 0 Å². The maximum Gasteiger partial charge on any atom is 0.223 e. The summed E-state index contributed by atoms with van der Waals surface area (Å²) in [7, 11) is 0. The Morgan fingerprint density at radius 1 is 1.26 bits per heavy atom. The van der Waals surface area contributed by atoms with Crippen molar-refractivity contribution in [1.29, 1.82) is 0 Å². The highest BCUT2D eigenvalue weighted by atomic mass is 16.2. The lowest BCUT2D eigenvalue weighted by molar-refractivity contribution is -0.123. The second-order valence-corrected chi connectivity index (χ2v) is 5.90. The number of hydrogen-bond donors (Lipinski definition) is 2. The highest BCUT2D eigenvalue weighted by molar-refractivity contribution is 5.82.